The van der Waals surface area contributed by atoms with Gasteiger partial charge in [0.05, 0.1) is 10.6 Å². The number of nitrogens with zero attached hydrogens (tertiary/aromatic N) is 1. The molecule has 0 saturated carbocycles. The first-order chi connectivity index (χ1) is 9.95. The summed E-state index contributed by atoms with van der Waals surface area (Å²) in [6.07, 6.45) is 0. The molecule has 3 N–H and O–H groups in total. The number of non-ortho nitro benzene ring substituents is 1. The number of nitrogens with one attached hydrogen (secondary N) is 2. The van der Waals surface area contributed by atoms with Crippen molar-refractivity contribution in [1.82, 2.24) is 0 Å². The summed E-state index contributed by atoms with van der Waals surface area (Å²) in [6.45, 7) is 0. The number of nitro groups is 1. The molecule has 0 saturated heterocycles. The highest BCUT2D eigenvalue weighted by Crippen LogP contribution is 2.28. The van der Waals surface area contributed by atoms with Crippen LogP contribution in [0.2, 0.25) is 0 Å². The fourth-order valence-electron chi connectivity index (χ4n) is 1.59. The number of phenolic OH excluding ortho intramolecular Hbond substituents is 1. The minimum atomic E-state index is -0.546. The van der Waals surface area contributed by atoms with Crippen LogP contribution < -0.4 is 10.6 Å². The molecule has 0 aliphatic rings. The average Bonchev–Trinajstić information content (AvgIpc) is 2.41. The quantitative estimate of drug-likeness (QED) is 0.330. The number of nitro benzene ring substituents is 1. The molecule has 0 aliphatic carbocycles. The third-order valence-corrected chi connectivity index (χ3v) is 3.22. The molecule has 21 heavy (non-hydrogen) atoms. The van der Waals surface area contributed by atoms with E-state index < -0.39 is 4.92 Å². The highest BCUT2D eigenvalue weighted by Gasteiger charge is 2.11. The smallest absolute Gasteiger partial charge is 0.271 e. The van der Waals surface area contributed by atoms with Crippen LogP contribution in [0.4, 0.5) is 17.1 Å². The third-order valence-electron chi connectivity index (χ3n) is 2.52. The van der Waals surface area contributed by atoms with Crippen molar-refractivity contribution in [2.24, 2.45) is 0 Å². The van der Waals surface area contributed by atoms with Gasteiger partial charge in [-0.1, -0.05) is 22.0 Å². The van der Waals surface area contributed by atoms with E-state index in [1.165, 1.54) is 18.2 Å². The van der Waals surface area contributed by atoms with Crippen LogP contribution >= 0.6 is 28.1 Å². The number of anilines is 2. The van der Waals surface area contributed by atoms with Gasteiger partial charge < -0.3 is 15.7 Å². The molecule has 0 radical (unpaired) electrons. The second kappa shape index (κ2) is 6.51. The average molecular weight is 368 g/mol. The SMILES string of the molecule is O=[N+]([O-])c1ccc(O)c(NC(=S)Nc2cccc(Br)c2)c1. The molecule has 2 rings (SSSR count). The zero-order chi connectivity index (χ0) is 15.4. The van der Waals surface area contributed by atoms with Crippen molar-refractivity contribution in [3.8, 4) is 5.75 Å². The van der Waals surface area contributed by atoms with E-state index in [-0.39, 0.29) is 22.2 Å². The molecule has 0 bridgehead atoms. The minimum Gasteiger partial charge on any atom is -0.506 e. The number of benzene rings is 2. The molecule has 2 aromatic carbocycles. The summed E-state index contributed by atoms with van der Waals surface area (Å²) in [5, 5.41) is 26.3. The second-order valence-corrected chi connectivity index (χ2v) is 5.37. The summed E-state index contributed by atoms with van der Waals surface area (Å²) in [5.41, 5.74) is 0.768. The Labute approximate surface area is 134 Å². The van der Waals surface area contributed by atoms with Gasteiger partial charge in [-0.2, -0.15) is 0 Å². The maximum atomic E-state index is 10.7. The second-order valence-electron chi connectivity index (χ2n) is 4.05. The van der Waals surface area contributed by atoms with Crippen molar-refractivity contribution in [3.63, 3.8) is 0 Å². The summed E-state index contributed by atoms with van der Waals surface area (Å²) < 4.78 is 0.883. The largest absolute Gasteiger partial charge is 0.506 e. The zero-order valence-corrected chi connectivity index (χ0v) is 12.9. The van der Waals surface area contributed by atoms with E-state index in [9.17, 15) is 15.2 Å². The van der Waals surface area contributed by atoms with Crippen molar-refractivity contribution in [1.29, 1.82) is 0 Å². The van der Waals surface area contributed by atoms with Gasteiger partial charge in [-0.25, -0.2) is 0 Å². The molecule has 0 amide bonds. The van der Waals surface area contributed by atoms with Crippen LogP contribution in [0.15, 0.2) is 46.9 Å². The van der Waals surface area contributed by atoms with Crippen molar-refractivity contribution in [2.75, 3.05) is 10.6 Å². The first-order valence-corrected chi connectivity index (χ1v) is 6.97. The van der Waals surface area contributed by atoms with E-state index in [0.29, 0.717) is 0 Å². The lowest BCUT2D eigenvalue weighted by molar-refractivity contribution is -0.384. The van der Waals surface area contributed by atoms with Gasteiger partial charge in [0.25, 0.3) is 5.69 Å². The fraction of sp³-hybridized carbons (Fsp3) is 0. The molecular formula is C13H10BrN3O3S. The lowest BCUT2D eigenvalue weighted by atomic mass is 10.2. The van der Waals surface area contributed by atoms with Crippen molar-refractivity contribution < 1.29 is 10.0 Å². The highest BCUT2D eigenvalue weighted by atomic mass is 79.9. The Balaban J connectivity index is 2.12. The summed E-state index contributed by atoms with van der Waals surface area (Å²) in [5.74, 6) is -0.126. The van der Waals surface area contributed by atoms with Crippen LogP contribution in [-0.2, 0) is 0 Å². The number of phenols is 1. The van der Waals surface area contributed by atoms with Crippen molar-refractivity contribution in [3.05, 3.63) is 57.1 Å². The van der Waals surface area contributed by atoms with E-state index in [2.05, 4.69) is 26.6 Å². The van der Waals surface area contributed by atoms with Gasteiger partial charge in [-0.3, -0.25) is 10.1 Å². The maximum Gasteiger partial charge on any atom is 0.271 e. The monoisotopic (exact) mass is 367 g/mol. The Morgan fingerprint density at radius 1 is 1.24 bits per heavy atom. The van der Waals surface area contributed by atoms with Gasteiger partial charge in [-0.05, 0) is 36.5 Å². The van der Waals surface area contributed by atoms with Crippen molar-refractivity contribution >= 4 is 50.3 Å². The van der Waals surface area contributed by atoms with Crippen LogP contribution in [0, 0.1) is 10.1 Å². The third kappa shape index (κ3) is 4.14. The number of rotatable bonds is 3. The molecule has 0 unspecified atom stereocenters. The van der Waals surface area contributed by atoms with Gasteiger partial charge in [0.15, 0.2) is 5.11 Å². The lowest BCUT2D eigenvalue weighted by Gasteiger charge is -2.11. The van der Waals surface area contributed by atoms with E-state index in [1.807, 2.05) is 24.3 Å². The van der Waals surface area contributed by atoms with Crippen LogP contribution in [-0.4, -0.2) is 15.1 Å². The number of hydrogen-bond acceptors (Lipinski definition) is 4. The summed E-state index contributed by atoms with van der Waals surface area (Å²) in [4.78, 5) is 10.2. The summed E-state index contributed by atoms with van der Waals surface area (Å²) in [6, 6.07) is 11.0. The molecule has 0 atom stereocenters. The Kier molecular flexibility index (Phi) is 4.71. The molecule has 108 valence electrons. The van der Waals surface area contributed by atoms with E-state index in [1.54, 1.807) is 0 Å². The first kappa shape index (κ1) is 15.2. The Morgan fingerprint density at radius 3 is 2.67 bits per heavy atom. The molecule has 0 heterocycles. The lowest BCUT2D eigenvalue weighted by Crippen LogP contribution is -2.19. The number of hydrogen-bond donors (Lipinski definition) is 3. The van der Waals surface area contributed by atoms with Gasteiger partial charge in [0, 0.05) is 22.3 Å². The van der Waals surface area contributed by atoms with E-state index in [4.69, 9.17) is 12.2 Å². The van der Waals surface area contributed by atoms with Gasteiger partial charge in [-0.15, -0.1) is 0 Å². The minimum absolute atomic E-state index is 0.126. The molecular weight excluding hydrogens is 358 g/mol. The predicted octanol–water partition coefficient (Wildman–Crippen LogP) is 3.87. The molecule has 6 nitrogen and oxygen atoms in total. The van der Waals surface area contributed by atoms with E-state index >= 15 is 0 Å². The van der Waals surface area contributed by atoms with Gasteiger partial charge >= 0.3 is 0 Å². The number of thiocarbonyl (C=S) groups is 1. The fourth-order valence-corrected chi connectivity index (χ4v) is 2.22. The normalized spacial score (nSPS) is 9.95. The topological polar surface area (TPSA) is 87.4 Å². The molecule has 0 spiro atoms. The molecule has 0 aliphatic heterocycles. The summed E-state index contributed by atoms with van der Waals surface area (Å²) >= 11 is 8.45. The molecule has 0 fully saturated rings. The standard InChI is InChI=1S/C13H10BrN3O3S/c14-8-2-1-3-9(6-8)15-13(21)16-11-7-10(17(19)20)4-5-12(11)18/h1-7,18H,(H2,15,16,21). The van der Waals surface area contributed by atoms with Crippen molar-refractivity contribution in [2.45, 2.75) is 0 Å². The number of aromatic hydroxyl groups is 1. The van der Waals surface area contributed by atoms with E-state index in [0.717, 1.165) is 10.2 Å². The Hall–Kier alpha value is -2.19. The zero-order valence-electron chi connectivity index (χ0n) is 10.5. The Morgan fingerprint density at radius 2 is 2.00 bits per heavy atom. The molecule has 8 heteroatoms. The first-order valence-electron chi connectivity index (χ1n) is 5.76. The summed E-state index contributed by atoms with van der Waals surface area (Å²) in [7, 11) is 0. The maximum absolute atomic E-state index is 10.7. The Bertz CT molecular complexity index is 709. The highest BCUT2D eigenvalue weighted by molar-refractivity contribution is 9.10. The van der Waals surface area contributed by atoms with Gasteiger partial charge in [0.2, 0.25) is 0 Å². The van der Waals surface area contributed by atoms with Crippen LogP contribution in [0.1, 0.15) is 0 Å². The predicted molar refractivity (Wildman–Crippen MR) is 88.7 cm³/mol. The molecule has 2 aromatic rings. The van der Waals surface area contributed by atoms with Gasteiger partial charge in [0.1, 0.15) is 5.75 Å². The van der Waals surface area contributed by atoms with Crippen LogP contribution in [0.5, 0.6) is 5.75 Å². The van der Waals surface area contributed by atoms with Crippen LogP contribution in [0.3, 0.4) is 0 Å². The van der Waals surface area contributed by atoms with Crippen LogP contribution in [0.25, 0.3) is 0 Å². The number of halogens is 1. The molecule has 0 aromatic heterocycles.